The van der Waals surface area contributed by atoms with E-state index in [4.69, 9.17) is 11.6 Å². The Hall–Kier alpha value is -1.52. The second kappa shape index (κ2) is 7.65. The third-order valence-electron chi connectivity index (χ3n) is 3.35. The summed E-state index contributed by atoms with van der Waals surface area (Å²) in [5.41, 5.74) is 2.39. The van der Waals surface area contributed by atoms with Crippen molar-refractivity contribution >= 4 is 27.3 Å². The van der Waals surface area contributed by atoms with E-state index in [1.165, 1.54) is 5.56 Å². The molecule has 0 saturated heterocycles. The quantitative estimate of drug-likeness (QED) is 0.801. The van der Waals surface area contributed by atoms with Gasteiger partial charge in [0.05, 0.1) is 5.75 Å². The van der Waals surface area contributed by atoms with E-state index in [1.54, 1.807) is 36.4 Å². The van der Waals surface area contributed by atoms with Crippen LogP contribution in [0.15, 0.2) is 48.5 Å². The summed E-state index contributed by atoms with van der Waals surface area (Å²) < 4.78 is 27.0. The molecule has 2 rings (SSSR count). The first kappa shape index (κ1) is 16.8. The first-order valence-corrected chi connectivity index (χ1v) is 9.36. The molecule has 5 heteroatoms. The van der Waals surface area contributed by atoms with Crippen molar-refractivity contribution in [3.05, 3.63) is 64.7 Å². The van der Waals surface area contributed by atoms with E-state index in [2.05, 4.69) is 11.6 Å². The van der Waals surface area contributed by atoms with Gasteiger partial charge in [0.2, 0.25) is 10.0 Å². The molecule has 0 spiro atoms. The molecule has 0 aromatic heterocycles. The number of rotatable bonds is 7. The lowest BCUT2D eigenvalue weighted by molar-refractivity contribution is 0.600. The molecule has 2 aromatic carbocycles. The van der Waals surface area contributed by atoms with Gasteiger partial charge < -0.3 is 0 Å². The molecule has 2 aromatic rings. The Morgan fingerprint density at radius 2 is 1.73 bits per heavy atom. The summed E-state index contributed by atoms with van der Waals surface area (Å²) in [6.45, 7) is 2.15. The zero-order valence-corrected chi connectivity index (χ0v) is 14.1. The number of halogens is 1. The molecule has 0 aliphatic carbocycles. The van der Waals surface area contributed by atoms with Crippen molar-refractivity contribution < 1.29 is 8.42 Å². The van der Waals surface area contributed by atoms with E-state index < -0.39 is 10.0 Å². The fourth-order valence-electron chi connectivity index (χ4n) is 2.16. The minimum atomic E-state index is -3.47. The van der Waals surface area contributed by atoms with Gasteiger partial charge in [-0.2, -0.15) is 0 Å². The number of benzene rings is 2. The largest absolute Gasteiger partial charge is 0.283 e. The number of hydrogen-bond acceptors (Lipinski definition) is 2. The van der Waals surface area contributed by atoms with E-state index in [9.17, 15) is 8.42 Å². The van der Waals surface area contributed by atoms with Gasteiger partial charge in [-0.05, 0) is 42.2 Å². The van der Waals surface area contributed by atoms with Crippen molar-refractivity contribution in [2.45, 2.75) is 31.9 Å². The van der Waals surface area contributed by atoms with E-state index >= 15 is 0 Å². The fourth-order valence-corrected chi connectivity index (χ4v) is 3.67. The second-order valence-corrected chi connectivity index (χ2v) is 7.38. The first-order valence-electron chi connectivity index (χ1n) is 7.33. The molecular weight excluding hydrogens is 318 g/mol. The van der Waals surface area contributed by atoms with Gasteiger partial charge in [-0.1, -0.05) is 55.3 Å². The standard InChI is InChI=1S/C17H20ClNO2S/c1-2-3-6-14-9-11-16(12-10-14)19-22(20,21)13-15-7-4-5-8-17(15)18/h4-5,7-12,19H,2-3,6,13H2,1H3. The Labute approximate surface area is 137 Å². The van der Waals surface area contributed by atoms with Crippen LogP contribution in [0.5, 0.6) is 0 Å². The molecule has 0 unspecified atom stereocenters. The van der Waals surface area contributed by atoms with Gasteiger partial charge in [-0.3, -0.25) is 4.72 Å². The van der Waals surface area contributed by atoms with Crippen LogP contribution in [-0.2, 0) is 22.2 Å². The van der Waals surface area contributed by atoms with Crippen molar-refractivity contribution in [3.63, 3.8) is 0 Å². The highest BCUT2D eigenvalue weighted by molar-refractivity contribution is 7.91. The molecule has 0 fully saturated rings. The molecule has 0 radical (unpaired) electrons. The molecular formula is C17H20ClNO2S. The van der Waals surface area contributed by atoms with Gasteiger partial charge in [0.1, 0.15) is 0 Å². The predicted octanol–water partition coefficient (Wildman–Crippen LogP) is 4.62. The summed E-state index contributed by atoms with van der Waals surface area (Å²) in [5.74, 6) is -0.135. The lowest BCUT2D eigenvalue weighted by atomic mass is 10.1. The minimum Gasteiger partial charge on any atom is -0.283 e. The topological polar surface area (TPSA) is 46.2 Å². The van der Waals surface area contributed by atoms with Gasteiger partial charge in [0.15, 0.2) is 0 Å². The monoisotopic (exact) mass is 337 g/mol. The number of hydrogen-bond donors (Lipinski definition) is 1. The summed E-state index contributed by atoms with van der Waals surface area (Å²) >= 11 is 6.01. The Kier molecular flexibility index (Phi) is 5.86. The van der Waals surface area contributed by atoms with Crippen LogP contribution in [0.2, 0.25) is 5.02 Å². The molecule has 0 bridgehead atoms. The van der Waals surface area contributed by atoms with Crippen molar-refractivity contribution in [2.75, 3.05) is 4.72 Å². The predicted molar refractivity (Wildman–Crippen MR) is 92.8 cm³/mol. The van der Waals surface area contributed by atoms with E-state index in [0.29, 0.717) is 16.3 Å². The number of nitrogens with one attached hydrogen (secondary N) is 1. The van der Waals surface area contributed by atoms with Gasteiger partial charge >= 0.3 is 0 Å². The van der Waals surface area contributed by atoms with Crippen LogP contribution < -0.4 is 4.72 Å². The molecule has 3 nitrogen and oxygen atoms in total. The molecule has 0 amide bonds. The van der Waals surface area contributed by atoms with Crippen LogP contribution in [0.1, 0.15) is 30.9 Å². The lowest BCUT2D eigenvalue weighted by Gasteiger charge is -2.10. The molecule has 0 aliphatic rings. The summed E-state index contributed by atoms with van der Waals surface area (Å²) in [7, 11) is -3.47. The van der Waals surface area contributed by atoms with Gasteiger partial charge in [-0.25, -0.2) is 8.42 Å². The van der Waals surface area contributed by atoms with Crippen molar-refractivity contribution in [1.29, 1.82) is 0 Å². The fraction of sp³-hybridized carbons (Fsp3) is 0.294. The summed E-state index contributed by atoms with van der Waals surface area (Å²) in [6.07, 6.45) is 3.30. The Balaban J connectivity index is 2.04. The molecule has 22 heavy (non-hydrogen) atoms. The molecule has 0 heterocycles. The van der Waals surface area contributed by atoms with Crippen LogP contribution >= 0.6 is 11.6 Å². The summed E-state index contributed by atoms with van der Waals surface area (Å²) in [5, 5.41) is 0.461. The number of anilines is 1. The van der Waals surface area contributed by atoms with Gasteiger partial charge in [0.25, 0.3) is 0 Å². The maximum absolute atomic E-state index is 12.2. The van der Waals surface area contributed by atoms with Crippen LogP contribution in [0.3, 0.4) is 0 Å². The van der Waals surface area contributed by atoms with Gasteiger partial charge in [-0.15, -0.1) is 0 Å². The highest BCUT2D eigenvalue weighted by Gasteiger charge is 2.13. The summed E-state index contributed by atoms with van der Waals surface area (Å²) in [6, 6.07) is 14.5. The Morgan fingerprint density at radius 3 is 2.36 bits per heavy atom. The van der Waals surface area contributed by atoms with E-state index in [-0.39, 0.29) is 5.75 Å². The third kappa shape index (κ3) is 5.04. The lowest BCUT2D eigenvalue weighted by Crippen LogP contribution is -2.15. The number of sulfonamides is 1. The molecule has 0 aliphatic heterocycles. The van der Waals surface area contributed by atoms with E-state index in [0.717, 1.165) is 19.3 Å². The van der Waals surface area contributed by atoms with Crippen molar-refractivity contribution in [1.82, 2.24) is 0 Å². The second-order valence-electron chi connectivity index (χ2n) is 5.25. The van der Waals surface area contributed by atoms with Crippen LogP contribution in [-0.4, -0.2) is 8.42 Å². The number of aryl methyl sites for hydroxylation is 1. The SMILES string of the molecule is CCCCc1ccc(NS(=O)(=O)Cc2ccccc2Cl)cc1. The van der Waals surface area contributed by atoms with E-state index in [1.807, 2.05) is 12.1 Å². The van der Waals surface area contributed by atoms with Crippen LogP contribution in [0.4, 0.5) is 5.69 Å². The third-order valence-corrected chi connectivity index (χ3v) is 4.96. The van der Waals surface area contributed by atoms with Crippen molar-refractivity contribution in [2.24, 2.45) is 0 Å². The minimum absolute atomic E-state index is 0.135. The van der Waals surface area contributed by atoms with Crippen LogP contribution in [0.25, 0.3) is 0 Å². The molecule has 1 N–H and O–H groups in total. The molecule has 0 atom stereocenters. The zero-order chi connectivity index (χ0) is 16.0. The summed E-state index contributed by atoms with van der Waals surface area (Å²) in [4.78, 5) is 0. The average Bonchev–Trinajstić information content (AvgIpc) is 2.48. The maximum atomic E-state index is 12.2. The molecule has 118 valence electrons. The molecule has 0 saturated carbocycles. The Bertz CT molecular complexity index is 712. The highest BCUT2D eigenvalue weighted by Crippen LogP contribution is 2.19. The van der Waals surface area contributed by atoms with Crippen LogP contribution in [0, 0.1) is 0 Å². The zero-order valence-electron chi connectivity index (χ0n) is 12.5. The Morgan fingerprint density at radius 1 is 1.05 bits per heavy atom. The highest BCUT2D eigenvalue weighted by atomic mass is 35.5. The maximum Gasteiger partial charge on any atom is 0.236 e. The van der Waals surface area contributed by atoms with Crippen molar-refractivity contribution in [3.8, 4) is 0 Å². The van der Waals surface area contributed by atoms with Gasteiger partial charge in [0, 0.05) is 10.7 Å². The average molecular weight is 338 g/mol. The number of unbranched alkanes of at least 4 members (excludes halogenated alkanes) is 1. The smallest absolute Gasteiger partial charge is 0.236 e. The normalized spacial score (nSPS) is 11.4. The first-order chi connectivity index (χ1) is 10.5.